The zero-order chi connectivity index (χ0) is 9.26. The molecule has 0 unspecified atom stereocenters. The van der Waals surface area contributed by atoms with Gasteiger partial charge in [0, 0.05) is 17.0 Å². The lowest BCUT2D eigenvalue weighted by Gasteiger charge is -1.97. The summed E-state index contributed by atoms with van der Waals surface area (Å²) in [6.45, 7) is 4.19. The Bertz CT molecular complexity index is 398. The number of aromatic amines is 1. The zero-order valence-electron chi connectivity index (χ0n) is 7.96. The SMILES string of the molecule is Cc1cc(-c2ccccc2)c(C)[nH]1. The van der Waals surface area contributed by atoms with Gasteiger partial charge in [0.15, 0.2) is 0 Å². The fourth-order valence-electron chi connectivity index (χ4n) is 1.64. The molecule has 0 radical (unpaired) electrons. The van der Waals surface area contributed by atoms with Gasteiger partial charge in [0.1, 0.15) is 0 Å². The third-order valence-electron chi connectivity index (χ3n) is 2.23. The highest BCUT2D eigenvalue weighted by atomic mass is 14.7. The molecule has 13 heavy (non-hydrogen) atoms. The predicted molar refractivity (Wildman–Crippen MR) is 55.7 cm³/mol. The van der Waals surface area contributed by atoms with Gasteiger partial charge in [-0.15, -0.1) is 0 Å². The van der Waals surface area contributed by atoms with Crippen molar-refractivity contribution in [3.63, 3.8) is 0 Å². The fourth-order valence-corrected chi connectivity index (χ4v) is 1.64. The standard InChI is InChI=1S/C12H13N/c1-9-8-12(10(2)13-9)11-6-4-3-5-7-11/h3-8,13H,1-2H3. The van der Waals surface area contributed by atoms with Crippen molar-refractivity contribution < 1.29 is 0 Å². The third kappa shape index (κ3) is 1.50. The van der Waals surface area contributed by atoms with Gasteiger partial charge in [-0.3, -0.25) is 0 Å². The maximum atomic E-state index is 3.31. The summed E-state index contributed by atoms with van der Waals surface area (Å²) in [6, 6.07) is 12.6. The van der Waals surface area contributed by atoms with Crippen LogP contribution < -0.4 is 0 Å². The Hall–Kier alpha value is -1.50. The lowest BCUT2D eigenvalue weighted by molar-refractivity contribution is 1.19. The highest BCUT2D eigenvalue weighted by Gasteiger charge is 2.02. The second-order valence-electron chi connectivity index (χ2n) is 3.36. The smallest absolute Gasteiger partial charge is 0.0197 e. The van der Waals surface area contributed by atoms with Gasteiger partial charge in [0.2, 0.25) is 0 Å². The van der Waals surface area contributed by atoms with Crippen molar-refractivity contribution >= 4 is 0 Å². The predicted octanol–water partition coefficient (Wildman–Crippen LogP) is 3.30. The molecule has 0 aliphatic heterocycles. The van der Waals surface area contributed by atoms with Crippen molar-refractivity contribution in [2.45, 2.75) is 13.8 Å². The molecule has 1 nitrogen and oxygen atoms in total. The number of hydrogen-bond donors (Lipinski definition) is 1. The first-order valence-corrected chi connectivity index (χ1v) is 4.49. The first-order chi connectivity index (χ1) is 6.27. The number of benzene rings is 1. The highest BCUT2D eigenvalue weighted by Crippen LogP contribution is 2.23. The second-order valence-corrected chi connectivity index (χ2v) is 3.36. The van der Waals surface area contributed by atoms with Gasteiger partial charge in [-0.2, -0.15) is 0 Å². The summed E-state index contributed by atoms with van der Waals surface area (Å²) in [5, 5.41) is 0. The molecule has 1 heteroatoms. The van der Waals surface area contributed by atoms with Gasteiger partial charge >= 0.3 is 0 Å². The number of aromatic nitrogens is 1. The van der Waals surface area contributed by atoms with Crippen LogP contribution in [-0.2, 0) is 0 Å². The summed E-state index contributed by atoms with van der Waals surface area (Å²) in [5.74, 6) is 0. The van der Waals surface area contributed by atoms with Crippen molar-refractivity contribution in [3.8, 4) is 11.1 Å². The molecule has 0 saturated carbocycles. The van der Waals surface area contributed by atoms with Crippen molar-refractivity contribution in [3.05, 3.63) is 47.8 Å². The Morgan fingerprint density at radius 1 is 1.00 bits per heavy atom. The minimum Gasteiger partial charge on any atom is -0.362 e. The van der Waals surface area contributed by atoms with Gasteiger partial charge in [-0.1, -0.05) is 30.3 Å². The number of nitrogens with one attached hydrogen (secondary N) is 1. The monoisotopic (exact) mass is 171 g/mol. The molecular formula is C12H13N. The summed E-state index contributed by atoms with van der Waals surface area (Å²) in [4.78, 5) is 3.31. The topological polar surface area (TPSA) is 15.8 Å². The lowest BCUT2D eigenvalue weighted by atomic mass is 10.1. The Morgan fingerprint density at radius 2 is 1.69 bits per heavy atom. The van der Waals surface area contributed by atoms with Gasteiger partial charge in [0.25, 0.3) is 0 Å². The largest absolute Gasteiger partial charge is 0.362 e. The van der Waals surface area contributed by atoms with Crippen LogP contribution in [0.1, 0.15) is 11.4 Å². The van der Waals surface area contributed by atoms with Crippen LogP contribution in [0.15, 0.2) is 36.4 Å². The third-order valence-corrected chi connectivity index (χ3v) is 2.23. The van der Waals surface area contributed by atoms with Crippen molar-refractivity contribution in [1.29, 1.82) is 0 Å². The molecule has 0 aliphatic rings. The van der Waals surface area contributed by atoms with Crippen molar-refractivity contribution in [2.75, 3.05) is 0 Å². The van der Waals surface area contributed by atoms with E-state index in [0.29, 0.717) is 0 Å². The molecule has 1 N–H and O–H groups in total. The van der Waals surface area contributed by atoms with E-state index < -0.39 is 0 Å². The van der Waals surface area contributed by atoms with E-state index in [9.17, 15) is 0 Å². The summed E-state index contributed by atoms with van der Waals surface area (Å²) < 4.78 is 0. The van der Waals surface area contributed by atoms with E-state index in [-0.39, 0.29) is 0 Å². The first kappa shape index (κ1) is 8.11. The number of H-pyrrole nitrogens is 1. The average Bonchev–Trinajstić information content (AvgIpc) is 2.47. The molecule has 0 atom stereocenters. The normalized spacial score (nSPS) is 10.3. The highest BCUT2D eigenvalue weighted by molar-refractivity contribution is 5.66. The molecule has 2 rings (SSSR count). The fraction of sp³-hybridized carbons (Fsp3) is 0.167. The molecule has 0 amide bonds. The van der Waals surface area contributed by atoms with Gasteiger partial charge in [-0.25, -0.2) is 0 Å². The minimum absolute atomic E-state index is 1.22. The quantitative estimate of drug-likeness (QED) is 0.677. The van der Waals surface area contributed by atoms with Crippen LogP contribution in [0.3, 0.4) is 0 Å². The lowest BCUT2D eigenvalue weighted by Crippen LogP contribution is -1.76. The zero-order valence-corrected chi connectivity index (χ0v) is 7.96. The van der Waals surface area contributed by atoms with Crippen LogP contribution in [0.2, 0.25) is 0 Å². The molecule has 1 aromatic heterocycles. The van der Waals surface area contributed by atoms with Gasteiger partial charge in [-0.05, 0) is 25.5 Å². The van der Waals surface area contributed by atoms with E-state index in [4.69, 9.17) is 0 Å². The van der Waals surface area contributed by atoms with E-state index in [0.717, 1.165) is 0 Å². The number of hydrogen-bond acceptors (Lipinski definition) is 0. The Labute approximate surface area is 78.4 Å². The van der Waals surface area contributed by atoms with Crippen LogP contribution in [-0.4, -0.2) is 4.98 Å². The van der Waals surface area contributed by atoms with E-state index >= 15 is 0 Å². The molecule has 0 saturated heterocycles. The van der Waals surface area contributed by atoms with E-state index in [1.54, 1.807) is 0 Å². The van der Waals surface area contributed by atoms with Crippen molar-refractivity contribution in [1.82, 2.24) is 4.98 Å². The molecule has 0 bridgehead atoms. The Morgan fingerprint density at radius 3 is 2.23 bits per heavy atom. The number of aryl methyl sites for hydroxylation is 2. The first-order valence-electron chi connectivity index (χ1n) is 4.49. The van der Waals surface area contributed by atoms with Crippen LogP contribution in [0.4, 0.5) is 0 Å². The molecule has 0 fully saturated rings. The van der Waals surface area contributed by atoms with E-state index in [2.05, 4.69) is 49.2 Å². The molecule has 0 aliphatic carbocycles. The molecule has 66 valence electrons. The molecule has 2 aromatic rings. The maximum absolute atomic E-state index is 3.31. The average molecular weight is 171 g/mol. The summed E-state index contributed by atoms with van der Waals surface area (Å²) in [5.41, 5.74) is 5.04. The Balaban J connectivity index is 2.53. The molecular weight excluding hydrogens is 158 g/mol. The molecule has 1 heterocycles. The summed E-state index contributed by atoms with van der Waals surface area (Å²) in [6.07, 6.45) is 0. The van der Waals surface area contributed by atoms with E-state index in [1.807, 2.05) is 6.07 Å². The Kier molecular flexibility index (Phi) is 1.93. The minimum atomic E-state index is 1.22. The van der Waals surface area contributed by atoms with Crippen LogP contribution in [0, 0.1) is 13.8 Å². The second kappa shape index (κ2) is 3.09. The van der Waals surface area contributed by atoms with Gasteiger partial charge < -0.3 is 4.98 Å². The summed E-state index contributed by atoms with van der Waals surface area (Å²) >= 11 is 0. The van der Waals surface area contributed by atoms with Gasteiger partial charge in [0.05, 0.1) is 0 Å². The van der Waals surface area contributed by atoms with Crippen LogP contribution >= 0.6 is 0 Å². The van der Waals surface area contributed by atoms with Crippen LogP contribution in [0.5, 0.6) is 0 Å². The maximum Gasteiger partial charge on any atom is 0.0197 e. The number of rotatable bonds is 1. The van der Waals surface area contributed by atoms with E-state index in [1.165, 1.54) is 22.5 Å². The van der Waals surface area contributed by atoms with Crippen LogP contribution in [0.25, 0.3) is 11.1 Å². The molecule has 1 aromatic carbocycles. The summed E-state index contributed by atoms with van der Waals surface area (Å²) in [7, 11) is 0. The van der Waals surface area contributed by atoms with Crippen molar-refractivity contribution in [2.24, 2.45) is 0 Å². The molecule has 0 spiro atoms.